The first-order valence-electron chi connectivity index (χ1n) is 7.13. The molecule has 0 bridgehead atoms. The SMILES string of the molecule is CCN1CCC(CNC(=O)NC(C(=O)O)c2cccs2)C1. The van der Waals surface area contributed by atoms with Gasteiger partial charge in [0.15, 0.2) is 6.04 Å². The van der Waals surface area contributed by atoms with Gasteiger partial charge in [-0.15, -0.1) is 11.3 Å². The van der Waals surface area contributed by atoms with Crippen LogP contribution in [0.15, 0.2) is 17.5 Å². The topological polar surface area (TPSA) is 81.7 Å². The number of nitrogens with zero attached hydrogens (tertiary/aromatic N) is 1. The average Bonchev–Trinajstić information content (AvgIpc) is 3.13. The fraction of sp³-hybridized carbons (Fsp3) is 0.571. The lowest BCUT2D eigenvalue weighted by Crippen LogP contribution is -2.42. The summed E-state index contributed by atoms with van der Waals surface area (Å²) >= 11 is 1.32. The van der Waals surface area contributed by atoms with Crippen LogP contribution < -0.4 is 10.6 Å². The van der Waals surface area contributed by atoms with Gasteiger partial charge >= 0.3 is 12.0 Å². The van der Waals surface area contributed by atoms with Crippen LogP contribution in [0.4, 0.5) is 4.79 Å². The summed E-state index contributed by atoms with van der Waals surface area (Å²) in [5.74, 6) is -0.605. The van der Waals surface area contributed by atoms with Crippen LogP contribution in [-0.4, -0.2) is 48.2 Å². The molecule has 0 saturated carbocycles. The van der Waals surface area contributed by atoms with Crippen molar-refractivity contribution in [2.75, 3.05) is 26.2 Å². The maximum absolute atomic E-state index is 11.9. The van der Waals surface area contributed by atoms with Crippen molar-refractivity contribution in [1.29, 1.82) is 0 Å². The van der Waals surface area contributed by atoms with Gasteiger partial charge in [-0.25, -0.2) is 9.59 Å². The molecule has 1 fully saturated rings. The minimum absolute atomic E-state index is 0.425. The molecule has 0 radical (unpaired) electrons. The van der Waals surface area contributed by atoms with Crippen molar-refractivity contribution in [3.8, 4) is 0 Å². The Kier molecular flexibility index (Phi) is 5.58. The summed E-state index contributed by atoms with van der Waals surface area (Å²) in [7, 11) is 0. The maximum atomic E-state index is 11.9. The van der Waals surface area contributed by atoms with Crippen molar-refractivity contribution < 1.29 is 14.7 Å². The number of amides is 2. The summed E-state index contributed by atoms with van der Waals surface area (Å²) in [5.41, 5.74) is 0. The number of aliphatic carboxylic acids is 1. The number of urea groups is 1. The Balaban J connectivity index is 1.79. The van der Waals surface area contributed by atoms with Crippen LogP contribution in [0.25, 0.3) is 0 Å². The van der Waals surface area contributed by atoms with E-state index in [9.17, 15) is 14.7 Å². The molecule has 1 saturated heterocycles. The van der Waals surface area contributed by atoms with Gasteiger partial charge in [-0.1, -0.05) is 13.0 Å². The number of carbonyl (C=O) groups is 2. The third-order valence-electron chi connectivity index (χ3n) is 3.72. The number of hydrogen-bond donors (Lipinski definition) is 3. The van der Waals surface area contributed by atoms with Gasteiger partial charge in [-0.3, -0.25) is 0 Å². The summed E-state index contributed by atoms with van der Waals surface area (Å²) < 4.78 is 0. The molecule has 2 unspecified atom stereocenters. The van der Waals surface area contributed by atoms with Crippen LogP contribution in [0.5, 0.6) is 0 Å². The molecule has 0 aromatic carbocycles. The summed E-state index contributed by atoms with van der Waals surface area (Å²) in [6.07, 6.45) is 1.07. The predicted molar refractivity (Wildman–Crippen MR) is 81.5 cm³/mol. The summed E-state index contributed by atoms with van der Waals surface area (Å²) in [6, 6.07) is 2.07. The highest BCUT2D eigenvalue weighted by atomic mass is 32.1. The number of carboxylic acids is 1. The van der Waals surface area contributed by atoms with Crippen molar-refractivity contribution in [2.24, 2.45) is 5.92 Å². The van der Waals surface area contributed by atoms with Crippen LogP contribution in [-0.2, 0) is 4.79 Å². The van der Waals surface area contributed by atoms with Crippen LogP contribution in [0.1, 0.15) is 24.3 Å². The fourth-order valence-corrected chi connectivity index (χ4v) is 3.26. The number of thiophene rings is 1. The molecule has 116 valence electrons. The highest BCUT2D eigenvalue weighted by Crippen LogP contribution is 2.19. The van der Waals surface area contributed by atoms with Crippen molar-refractivity contribution in [1.82, 2.24) is 15.5 Å². The van der Waals surface area contributed by atoms with Gasteiger partial charge < -0.3 is 20.6 Å². The van der Waals surface area contributed by atoms with Gasteiger partial charge in [-0.05, 0) is 36.9 Å². The van der Waals surface area contributed by atoms with Crippen molar-refractivity contribution >= 4 is 23.3 Å². The zero-order chi connectivity index (χ0) is 15.2. The van der Waals surface area contributed by atoms with Crippen LogP contribution >= 0.6 is 11.3 Å². The lowest BCUT2D eigenvalue weighted by Gasteiger charge is -2.16. The lowest BCUT2D eigenvalue weighted by molar-refractivity contribution is -0.139. The predicted octanol–water partition coefficient (Wildman–Crippen LogP) is 1.51. The summed E-state index contributed by atoms with van der Waals surface area (Å²) in [6.45, 7) is 5.80. The molecular weight excluding hydrogens is 290 g/mol. The van der Waals surface area contributed by atoms with Gasteiger partial charge in [-0.2, -0.15) is 0 Å². The third kappa shape index (κ3) is 4.44. The minimum atomic E-state index is -1.05. The van der Waals surface area contributed by atoms with E-state index in [1.807, 2.05) is 0 Å². The Morgan fingerprint density at radius 3 is 2.95 bits per heavy atom. The standard InChI is InChI=1S/C14H21N3O3S/c1-2-17-6-5-10(9-17)8-15-14(20)16-12(13(18)19)11-4-3-7-21-11/h3-4,7,10,12H,2,5-6,8-9H2,1H3,(H,18,19)(H2,15,16,20). The largest absolute Gasteiger partial charge is 0.479 e. The first-order valence-corrected chi connectivity index (χ1v) is 8.01. The van der Waals surface area contributed by atoms with Gasteiger partial charge in [0.25, 0.3) is 0 Å². The molecule has 2 amide bonds. The van der Waals surface area contributed by atoms with Gasteiger partial charge in [0.05, 0.1) is 0 Å². The molecular formula is C14H21N3O3S. The molecule has 6 nitrogen and oxygen atoms in total. The molecule has 21 heavy (non-hydrogen) atoms. The van der Waals surface area contributed by atoms with Crippen molar-refractivity contribution in [3.63, 3.8) is 0 Å². The van der Waals surface area contributed by atoms with E-state index in [4.69, 9.17) is 0 Å². The number of nitrogens with one attached hydrogen (secondary N) is 2. The molecule has 1 aromatic heterocycles. The zero-order valence-electron chi connectivity index (χ0n) is 12.0. The van der Waals surface area contributed by atoms with Crippen molar-refractivity contribution in [3.05, 3.63) is 22.4 Å². The second-order valence-electron chi connectivity index (χ2n) is 5.19. The lowest BCUT2D eigenvalue weighted by atomic mass is 10.1. The van der Waals surface area contributed by atoms with E-state index in [2.05, 4.69) is 22.5 Å². The average molecular weight is 311 g/mol. The number of rotatable bonds is 6. The Morgan fingerprint density at radius 2 is 2.38 bits per heavy atom. The molecule has 0 spiro atoms. The van der Waals surface area contributed by atoms with E-state index >= 15 is 0 Å². The zero-order valence-corrected chi connectivity index (χ0v) is 12.9. The van der Waals surface area contributed by atoms with Crippen molar-refractivity contribution in [2.45, 2.75) is 19.4 Å². The molecule has 2 heterocycles. The molecule has 1 aliphatic heterocycles. The number of carboxylic acid groups (broad SMARTS) is 1. The Labute approximate surface area is 128 Å². The normalized spacial score (nSPS) is 20.1. The minimum Gasteiger partial charge on any atom is -0.479 e. The van der Waals surface area contributed by atoms with E-state index in [0.717, 1.165) is 26.1 Å². The van der Waals surface area contributed by atoms with Gasteiger partial charge in [0, 0.05) is 18.0 Å². The Hall–Kier alpha value is -1.60. The molecule has 2 rings (SSSR count). The molecule has 3 N–H and O–H groups in total. The number of carbonyl (C=O) groups excluding carboxylic acids is 1. The first-order chi connectivity index (χ1) is 10.1. The number of likely N-dealkylation sites (tertiary alicyclic amines) is 1. The Morgan fingerprint density at radius 1 is 1.57 bits per heavy atom. The summed E-state index contributed by atoms with van der Waals surface area (Å²) in [5, 5.41) is 16.3. The first kappa shape index (κ1) is 15.8. The van der Waals surface area contributed by atoms with Gasteiger partial charge in [0.1, 0.15) is 0 Å². The van der Waals surface area contributed by atoms with Crippen LogP contribution in [0.3, 0.4) is 0 Å². The molecule has 2 atom stereocenters. The van der Waals surface area contributed by atoms with E-state index in [1.54, 1.807) is 17.5 Å². The van der Waals surface area contributed by atoms with E-state index in [1.165, 1.54) is 11.3 Å². The molecule has 0 aliphatic carbocycles. The smallest absolute Gasteiger partial charge is 0.331 e. The van der Waals surface area contributed by atoms with E-state index in [-0.39, 0.29) is 0 Å². The van der Waals surface area contributed by atoms with Crippen LogP contribution in [0.2, 0.25) is 0 Å². The maximum Gasteiger partial charge on any atom is 0.331 e. The van der Waals surface area contributed by atoms with Gasteiger partial charge in [0.2, 0.25) is 0 Å². The molecule has 1 aliphatic rings. The fourth-order valence-electron chi connectivity index (χ4n) is 2.50. The monoisotopic (exact) mass is 311 g/mol. The Bertz CT molecular complexity index is 478. The highest BCUT2D eigenvalue weighted by molar-refractivity contribution is 7.10. The second kappa shape index (κ2) is 7.42. The van der Waals surface area contributed by atoms with E-state index < -0.39 is 18.0 Å². The second-order valence-corrected chi connectivity index (χ2v) is 6.17. The van der Waals surface area contributed by atoms with Crippen LogP contribution in [0, 0.1) is 5.92 Å². The van der Waals surface area contributed by atoms with E-state index in [0.29, 0.717) is 17.3 Å². The molecule has 1 aromatic rings. The summed E-state index contributed by atoms with van der Waals surface area (Å²) in [4.78, 5) is 26.1. The quantitative estimate of drug-likeness (QED) is 0.744. The highest BCUT2D eigenvalue weighted by Gasteiger charge is 2.25. The molecule has 7 heteroatoms. The third-order valence-corrected chi connectivity index (χ3v) is 4.66. The number of hydrogen-bond acceptors (Lipinski definition) is 4.